The average molecular weight is 215 g/mol. The van der Waals surface area contributed by atoms with Crippen LogP contribution in [0.1, 0.15) is 32.1 Å². The lowest BCUT2D eigenvalue weighted by Crippen LogP contribution is -2.57. The molecule has 5 nitrogen and oxygen atoms in total. The molecule has 1 rings (SSSR count). The Bertz CT molecular complexity index is 228. The molecule has 0 unspecified atom stereocenters. The summed E-state index contributed by atoms with van der Waals surface area (Å²) in [5, 5.41) is 26.0. The SMILES string of the molecule is NC1(C(=O)O)CC(CCCCB(O)O)C1. The van der Waals surface area contributed by atoms with E-state index >= 15 is 0 Å². The zero-order chi connectivity index (χ0) is 11.5. The average Bonchev–Trinajstić information content (AvgIpc) is 2.07. The van der Waals surface area contributed by atoms with E-state index in [1.54, 1.807) is 0 Å². The van der Waals surface area contributed by atoms with Crippen molar-refractivity contribution in [2.75, 3.05) is 0 Å². The van der Waals surface area contributed by atoms with Crippen LogP contribution in [-0.2, 0) is 4.79 Å². The summed E-state index contributed by atoms with van der Waals surface area (Å²) >= 11 is 0. The van der Waals surface area contributed by atoms with Gasteiger partial charge >= 0.3 is 13.1 Å². The van der Waals surface area contributed by atoms with E-state index in [2.05, 4.69) is 0 Å². The van der Waals surface area contributed by atoms with E-state index < -0.39 is 18.6 Å². The van der Waals surface area contributed by atoms with Crippen LogP contribution < -0.4 is 5.73 Å². The number of hydrogen-bond donors (Lipinski definition) is 4. The first-order valence-corrected chi connectivity index (χ1v) is 5.32. The molecule has 86 valence electrons. The van der Waals surface area contributed by atoms with Gasteiger partial charge in [0.25, 0.3) is 0 Å². The molecule has 15 heavy (non-hydrogen) atoms. The van der Waals surface area contributed by atoms with E-state index in [0.29, 0.717) is 25.1 Å². The maximum absolute atomic E-state index is 10.7. The second kappa shape index (κ2) is 4.96. The van der Waals surface area contributed by atoms with Gasteiger partial charge in [0.15, 0.2) is 0 Å². The lowest BCUT2D eigenvalue weighted by molar-refractivity contribution is -0.149. The highest BCUT2D eigenvalue weighted by Crippen LogP contribution is 2.39. The Morgan fingerprint density at radius 3 is 2.47 bits per heavy atom. The third-order valence-corrected chi connectivity index (χ3v) is 3.06. The van der Waals surface area contributed by atoms with Gasteiger partial charge in [0.2, 0.25) is 0 Å². The third kappa shape index (κ3) is 3.48. The van der Waals surface area contributed by atoms with E-state index in [4.69, 9.17) is 20.9 Å². The van der Waals surface area contributed by atoms with E-state index in [1.165, 1.54) is 0 Å². The van der Waals surface area contributed by atoms with Gasteiger partial charge in [0, 0.05) is 0 Å². The van der Waals surface area contributed by atoms with Crippen LogP contribution in [0.2, 0.25) is 6.32 Å². The van der Waals surface area contributed by atoms with Crippen molar-refractivity contribution in [2.24, 2.45) is 11.7 Å². The summed E-state index contributed by atoms with van der Waals surface area (Å²) in [6.07, 6.45) is 4.07. The van der Waals surface area contributed by atoms with Gasteiger partial charge in [-0.3, -0.25) is 4.79 Å². The van der Waals surface area contributed by atoms with Crippen LogP contribution in [0.5, 0.6) is 0 Å². The number of unbranched alkanes of at least 4 members (excludes halogenated alkanes) is 1. The highest BCUT2D eigenvalue weighted by Gasteiger charge is 2.46. The Morgan fingerprint density at radius 1 is 1.40 bits per heavy atom. The Kier molecular flexibility index (Phi) is 4.13. The quantitative estimate of drug-likeness (QED) is 0.363. The van der Waals surface area contributed by atoms with Crippen molar-refractivity contribution >= 4 is 13.1 Å². The molecule has 0 aliphatic heterocycles. The van der Waals surface area contributed by atoms with Crippen molar-refractivity contribution in [3.8, 4) is 0 Å². The molecular weight excluding hydrogens is 197 g/mol. The Morgan fingerprint density at radius 2 is 2.00 bits per heavy atom. The number of carbonyl (C=O) groups is 1. The lowest BCUT2D eigenvalue weighted by atomic mass is 9.67. The fourth-order valence-electron chi connectivity index (χ4n) is 2.11. The van der Waals surface area contributed by atoms with Gasteiger partial charge in [-0.15, -0.1) is 0 Å². The molecule has 1 aliphatic rings. The summed E-state index contributed by atoms with van der Waals surface area (Å²) < 4.78 is 0. The first kappa shape index (κ1) is 12.5. The van der Waals surface area contributed by atoms with Crippen molar-refractivity contribution in [2.45, 2.75) is 44.0 Å². The van der Waals surface area contributed by atoms with Crippen molar-refractivity contribution in [3.05, 3.63) is 0 Å². The summed E-state index contributed by atoms with van der Waals surface area (Å²) in [6, 6.07) is 0. The van der Waals surface area contributed by atoms with Crippen LogP contribution in [0.4, 0.5) is 0 Å². The summed E-state index contributed by atoms with van der Waals surface area (Å²) in [6.45, 7) is 0. The highest BCUT2D eigenvalue weighted by molar-refractivity contribution is 6.40. The van der Waals surface area contributed by atoms with Crippen molar-refractivity contribution in [1.29, 1.82) is 0 Å². The van der Waals surface area contributed by atoms with Crippen LogP contribution in [0.3, 0.4) is 0 Å². The fraction of sp³-hybridized carbons (Fsp3) is 0.889. The van der Waals surface area contributed by atoms with Crippen LogP contribution in [0, 0.1) is 5.92 Å². The van der Waals surface area contributed by atoms with Crippen molar-refractivity contribution in [3.63, 3.8) is 0 Å². The van der Waals surface area contributed by atoms with Gasteiger partial charge in [-0.25, -0.2) is 0 Å². The number of hydrogen-bond acceptors (Lipinski definition) is 4. The molecule has 1 aliphatic carbocycles. The molecule has 0 aromatic rings. The van der Waals surface area contributed by atoms with Crippen LogP contribution in [0.25, 0.3) is 0 Å². The Labute approximate surface area is 89.4 Å². The number of carboxylic acids is 1. The second-order valence-electron chi connectivity index (χ2n) is 4.50. The smallest absolute Gasteiger partial charge is 0.451 e. The fourth-order valence-corrected chi connectivity index (χ4v) is 2.11. The minimum atomic E-state index is -1.22. The van der Waals surface area contributed by atoms with Gasteiger partial charge in [0.1, 0.15) is 5.54 Å². The molecule has 0 amide bonds. The largest absolute Gasteiger partial charge is 0.480 e. The van der Waals surface area contributed by atoms with Gasteiger partial charge in [0.05, 0.1) is 0 Å². The maximum atomic E-state index is 10.7. The first-order valence-electron chi connectivity index (χ1n) is 5.32. The van der Waals surface area contributed by atoms with E-state index in [0.717, 1.165) is 19.3 Å². The van der Waals surface area contributed by atoms with Crippen molar-refractivity contribution < 1.29 is 19.9 Å². The van der Waals surface area contributed by atoms with Gasteiger partial charge in [-0.1, -0.05) is 19.3 Å². The highest BCUT2D eigenvalue weighted by atomic mass is 16.4. The Balaban J connectivity index is 2.05. The minimum Gasteiger partial charge on any atom is -0.480 e. The molecule has 1 fully saturated rings. The van der Waals surface area contributed by atoms with E-state index in [-0.39, 0.29) is 0 Å². The molecule has 0 atom stereocenters. The summed E-state index contributed by atoms with van der Waals surface area (Å²) in [4.78, 5) is 10.7. The normalized spacial score (nSPS) is 29.7. The number of nitrogens with two attached hydrogens (primary N) is 1. The number of carboxylic acid groups (broad SMARTS) is 1. The zero-order valence-electron chi connectivity index (χ0n) is 8.72. The molecule has 1 saturated carbocycles. The number of aliphatic carboxylic acids is 1. The molecule has 5 N–H and O–H groups in total. The molecule has 0 radical (unpaired) electrons. The molecule has 0 saturated heterocycles. The predicted molar refractivity (Wildman–Crippen MR) is 56.1 cm³/mol. The predicted octanol–water partition coefficient (Wildman–Crippen LogP) is -0.178. The molecule has 0 aromatic carbocycles. The Hall–Kier alpha value is -0.585. The molecule has 6 heteroatoms. The van der Waals surface area contributed by atoms with Gasteiger partial charge in [-0.2, -0.15) is 0 Å². The topological polar surface area (TPSA) is 104 Å². The molecule has 0 bridgehead atoms. The summed E-state index contributed by atoms with van der Waals surface area (Å²) in [7, 11) is -1.22. The zero-order valence-corrected chi connectivity index (χ0v) is 8.72. The second-order valence-corrected chi connectivity index (χ2v) is 4.50. The lowest BCUT2D eigenvalue weighted by Gasteiger charge is -2.41. The van der Waals surface area contributed by atoms with Crippen LogP contribution in [0.15, 0.2) is 0 Å². The van der Waals surface area contributed by atoms with Crippen LogP contribution >= 0.6 is 0 Å². The monoisotopic (exact) mass is 215 g/mol. The van der Waals surface area contributed by atoms with E-state index in [9.17, 15) is 4.79 Å². The third-order valence-electron chi connectivity index (χ3n) is 3.06. The molecule has 0 heterocycles. The number of rotatable bonds is 6. The van der Waals surface area contributed by atoms with Crippen molar-refractivity contribution in [1.82, 2.24) is 0 Å². The standard InChI is InChI=1S/C9H18BNO4/c11-9(8(12)13)5-7(6-9)3-1-2-4-10(14)15/h7,14-15H,1-6,11H2,(H,12,13). The first-order chi connectivity index (χ1) is 6.94. The van der Waals surface area contributed by atoms with Gasteiger partial charge in [-0.05, 0) is 25.1 Å². The minimum absolute atomic E-state index is 0.388. The molecule has 0 spiro atoms. The summed E-state index contributed by atoms with van der Waals surface area (Å²) in [5.74, 6) is -0.522. The van der Waals surface area contributed by atoms with Gasteiger partial charge < -0.3 is 20.9 Å². The molecule has 0 aromatic heterocycles. The van der Waals surface area contributed by atoms with Crippen LogP contribution in [-0.4, -0.2) is 33.8 Å². The summed E-state index contributed by atoms with van der Waals surface area (Å²) in [5.41, 5.74) is 4.61. The molecular formula is C9H18BNO4. The van der Waals surface area contributed by atoms with E-state index in [1.807, 2.05) is 0 Å². The maximum Gasteiger partial charge on any atom is 0.451 e.